The molecule has 2 rings (SSSR count). The normalized spacial score (nSPS) is 11.7. The van der Waals surface area contributed by atoms with Gasteiger partial charge < -0.3 is 15.0 Å². The van der Waals surface area contributed by atoms with Gasteiger partial charge in [-0.1, -0.05) is 41.9 Å². The minimum atomic E-state index is -0.617. The van der Waals surface area contributed by atoms with Crippen molar-refractivity contribution in [2.45, 2.75) is 39.4 Å². The number of benzene rings is 2. The van der Waals surface area contributed by atoms with E-state index in [0.29, 0.717) is 17.3 Å². The number of hydrogen-bond donors (Lipinski definition) is 1. The first-order valence-electron chi connectivity index (χ1n) is 8.89. The zero-order valence-electron chi connectivity index (χ0n) is 15.8. The minimum Gasteiger partial charge on any atom is -0.484 e. The van der Waals surface area contributed by atoms with Gasteiger partial charge in [0, 0.05) is 17.6 Å². The van der Waals surface area contributed by atoms with Crippen molar-refractivity contribution in [3.63, 3.8) is 0 Å². The molecule has 0 aliphatic heterocycles. The fourth-order valence-electron chi connectivity index (χ4n) is 2.53. The van der Waals surface area contributed by atoms with E-state index < -0.39 is 6.04 Å². The number of hydrogen-bond acceptors (Lipinski definition) is 3. The van der Waals surface area contributed by atoms with Crippen LogP contribution in [0, 0.1) is 0 Å². The van der Waals surface area contributed by atoms with Gasteiger partial charge in [0.1, 0.15) is 11.8 Å². The largest absolute Gasteiger partial charge is 0.484 e. The van der Waals surface area contributed by atoms with Gasteiger partial charge in [-0.05, 0) is 50.6 Å². The van der Waals surface area contributed by atoms with Crippen LogP contribution in [0.3, 0.4) is 0 Å². The Kier molecular flexibility index (Phi) is 7.67. The lowest BCUT2D eigenvalue weighted by molar-refractivity contribution is -0.142. The minimum absolute atomic E-state index is 0.000977. The van der Waals surface area contributed by atoms with E-state index in [-0.39, 0.29) is 24.5 Å². The molecule has 144 valence electrons. The van der Waals surface area contributed by atoms with Crippen molar-refractivity contribution in [3.8, 4) is 5.75 Å². The van der Waals surface area contributed by atoms with Crippen LogP contribution >= 0.6 is 11.6 Å². The second kappa shape index (κ2) is 9.97. The zero-order chi connectivity index (χ0) is 19.8. The molecule has 0 radical (unpaired) electrons. The van der Waals surface area contributed by atoms with Crippen LogP contribution in [0.5, 0.6) is 5.75 Å². The summed E-state index contributed by atoms with van der Waals surface area (Å²) in [7, 11) is 0. The first-order valence-corrected chi connectivity index (χ1v) is 9.26. The number of carbonyl (C=O) groups excluding carboxylic acids is 2. The fourth-order valence-corrected chi connectivity index (χ4v) is 2.65. The Morgan fingerprint density at radius 2 is 1.67 bits per heavy atom. The summed E-state index contributed by atoms with van der Waals surface area (Å²) < 4.78 is 5.57. The molecule has 1 atom stereocenters. The first-order chi connectivity index (χ1) is 12.9. The molecule has 0 aromatic heterocycles. The van der Waals surface area contributed by atoms with Gasteiger partial charge in [0.05, 0.1) is 0 Å². The highest BCUT2D eigenvalue weighted by Gasteiger charge is 2.26. The van der Waals surface area contributed by atoms with E-state index in [0.717, 1.165) is 5.56 Å². The Balaban J connectivity index is 2.10. The van der Waals surface area contributed by atoms with Crippen molar-refractivity contribution in [2.75, 3.05) is 6.61 Å². The summed E-state index contributed by atoms with van der Waals surface area (Å²) in [6, 6.07) is 15.7. The molecular weight excluding hydrogens is 364 g/mol. The molecule has 5 nitrogen and oxygen atoms in total. The van der Waals surface area contributed by atoms with Crippen molar-refractivity contribution in [1.29, 1.82) is 0 Å². The van der Waals surface area contributed by atoms with E-state index in [4.69, 9.17) is 16.3 Å². The number of rotatable bonds is 8. The average molecular weight is 389 g/mol. The Morgan fingerprint density at radius 3 is 2.26 bits per heavy atom. The third-order valence-electron chi connectivity index (χ3n) is 3.97. The number of halogens is 1. The molecule has 6 heteroatoms. The molecule has 0 aliphatic carbocycles. The van der Waals surface area contributed by atoms with Gasteiger partial charge in [-0.3, -0.25) is 9.59 Å². The second-order valence-corrected chi connectivity index (χ2v) is 7.03. The molecule has 0 aliphatic rings. The number of nitrogens with one attached hydrogen (secondary N) is 1. The highest BCUT2D eigenvalue weighted by Crippen LogP contribution is 2.16. The second-order valence-electron chi connectivity index (χ2n) is 6.59. The number of amides is 2. The van der Waals surface area contributed by atoms with Crippen molar-refractivity contribution >= 4 is 23.4 Å². The molecule has 0 spiro atoms. The van der Waals surface area contributed by atoms with Crippen LogP contribution in [-0.4, -0.2) is 35.4 Å². The van der Waals surface area contributed by atoms with E-state index in [1.807, 2.05) is 44.2 Å². The molecular formula is C21H25ClN2O3. The molecule has 2 aromatic rings. The SMILES string of the molecule is CC(C)NC(=O)[C@H](C)N(Cc1ccccc1)C(=O)COc1ccc(Cl)cc1. The molecule has 0 unspecified atom stereocenters. The first kappa shape index (κ1) is 20.8. The van der Waals surface area contributed by atoms with Crippen LogP contribution in [0.1, 0.15) is 26.3 Å². The van der Waals surface area contributed by atoms with Crippen LogP contribution in [0.15, 0.2) is 54.6 Å². The van der Waals surface area contributed by atoms with E-state index in [9.17, 15) is 9.59 Å². The Bertz CT molecular complexity index is 748. The summed E-state index contributed by atoms with van der Waals surface area (Å²) in [6.45, 7) is 5.67. The number of nitrogens with zero attached hydrogens (tertiary/aromatic N) is 1. The molecule has 0 saturated heterocycles. The Morgan fingerprint density at radius 1 is 1.04 bits per heavy atom. The van der Waals surface area contributed by atoms with Crippen molar-refractivity contribution in [3.05, 3.63) is 65.2 Å². The molecule has 1 N–H and O–H groups in total. The van der Waals surface area contributed by atoms with E-state index in [1.165, 1.54) is 4.90 Å². The number of carbonyl (C=O) groups is 2. The molecule has 0 saturated carbocycles. The zero-order valence-corrected chi connectivity index (χ0v) is 16.6. The van der Waals surface area contributed by atoms with Gasteiger partial charge in [-0.2, -0.15) is 0 Å². The molecule has 2 amide bonds. The maximum absolute atomic E-state index is 12.8. The molecule has 0 bridgehead atoms. The van der Waals surface area contributed by atoms with E-state index in [2.05, 4.69) is 5.32 Å². The quantitative estimate of drug-likeness (QED) is 0.750. The predicted octanol–water partition coefficient (Wildman–Crippen LogP) is 3.66. The van der Waals surface area contributed by atoms with Crippen molar-refractivity contribution < 1.29 is 14.3 Å². The number of ether oxygens (including phenoxy) is 1. The van der Waals surface area contributed by atoms with Gasteiger partial charge in [0.2, 0.25) is 5.91 Å². The summed E-state index contributed by atoms with van der Waals surface area (Å²) in [5, 5.41) is 3.45. The van der Waals surface area contributed by atoms with Gasteiger partial charge in [-0.25, -0.2) is 0 Å². The van der Waals surface area contributed by atoms with Crippen molar-refractivity contribution in [2.24, 2.45) is 0 Å². The van der Waals surface area contributed by atoms with Gasteiger partial charge in [0.15, 0.2) is 6.61 Å². The van der Waals surface area contributed by atoms with Crippen LogP contribution in [0.25, 0.3) is 0 Å². The third kappa shape index (κ3) is 6.61. The lowest BCUT2D eigenvalue weighted by atomic mass is 10.1. The molecule has 0 fully saturated rings. The molecule has 0 heterocycles. The van der Waals surface area contributed by atoms with E-state index >= 15 is 0 Å². The predicted molar refractivity (Wildman–Crippen MR) is 107 cm³/mol. The summed E-state index contributed by atoms with van der Waals surface area (Å²) in [4.78, 5) is 26.8. The van der Waals surface area contributed by atoms with E-state index in [1.54, 1.807) is 31.2 Å². The maximum atomic E-state index is 12.8. The van der Waals surface area contributed by atoms with Gasteiger partial charge in [-0.15, -0.1) is 0 Å². The molecule has 27 heavy (non-hydrogen) atoms. The lowest BCUT2D eigenvalue weighted by Gasteiger charge is -2.29. The monoisotopic (exact) mass is 388 g/mol. The lowest BCUT2D eigenvalue weighted by Crippen LogP contribution is -2.50. The van der Waals surface area contributed by atoms with Crippen molar-refractivity contribution in [1.82, 2.24) is 10.2 Å². The summed E-state index contributed by atoms with van der Waals surface area (Å²) in [6.07, 6.45) is 0. The van der Waals surface area contributed by atoms with Crippen LogP contribution in [0.4, 0.5) is 0 Å². The maximum Gasteiger partial charge on any atom is 0.261 e. The van der Waals surface area contributed by atoms with Gasteiger partial charge >= 0.3 is 0 Å². The molecule has 2 aromatic carbocycles. The average Bonchev–Trinajstić information content (AvgIpc) is 2.65. The standard InChI is InChI=1S/C21H25ClN2O3/c1-15(2)23-21(26)16(3)24(13-17-7-5-4-6-8-17)20(25)14-27-19-11-9-18(22)10-12-19/h4-12,15-16H,13-14H2,1-3H3,(H,23,26)/t16-/m0/s1. The van der Waals surface area contributed by atoms with Crippen LogP contribution in [-0.2, 0) is 16.1 Å². The Hall–Kier alpha value is -2.53. The highest BCUT2D eigenvalue weighted by atomic mass is 35.5. The Labute approximate surface area is 165 Å². The third-order valence-corrected chi connectivity index (χ3v) is 4.22. The summed E-state index contributed by atoms with van der Waals surface area (Å²) in [5.41, 5.74) is 0.946. The smallest absolute Gasteiger partial charge is 0.261 e. The topological polar surface area (TPSA) is 58.6 Å². The van der Waals surface area contributed by atoms with Crippen LogP contribution in [0.2, 0.25) is 5.02 Å². The fraction of sp³-hybridized carbons (Fsp3) is 0.333. The van der Waals surface area contributed by atoms with Crippen LogP contribution < -0.4 is 10.1 Å². The summed E-state index contributed by atoms with van der Waals surface area (Å²) >= 11 is 5.86. The summed E-state index contributed by atoms with van der Waals surface area (Å²) in [5.74, 6) is 0.0904. The van der Waals surface area contributed by atoms with Gasteiger partial charge in [0.25, 0.3) is 5.91 Å². The highest BCUT2D eigenvalue weighted by molar-refractivity contribution is 6.30.